The zero-order valence-electron chi connectivity index (χ0n) is 15.6. The molecule has 7 nitrogen and oxygen atoms in total. The van der Waals surface area contributed by atoms with E-state index in [-0.39, 0.29) is 0 Å². The van der Waals surface area contributed by atoms with Crippen LogP contribution in [0, 0.1) is 4.77 Å². The van der Waals surface area contributed by atoms with Gasteiger partial charge >= 0.3 is 0 Å². The number of hydrogen-bond donors (Lipinski definition) is 1. The fourth-order valence-corrected chi connectivity index (χ4v) is 2.72. The number of rotatable bonds is 6. The molecule has 0 amide bonds. The first-order valence-electron chi connectivity index (χ1n) is 8.25. The molecule has 140 valence electrons. The summed E-state index contributed by atoms with van der Waals surface area (Å²) >= 11 is 5.33. The summed E-state index contributed by atoms with van der Waals surface area (Å²) < 4.78 is 12.6. The van der Waals surface area contributed by atoms with Gasteiger partial charge in [-0.05, 0) is 48.6 Å². The maximum Gasteiger partial charge on any atom is 0.216 e. The molecule has 0 aliphatic carbocycles. The third-order valence-electron chi connectivity index (χ3n) is 4.05. The van der Waals surface area contributed by atoms with E-state index in [1.807, 2.05) is 55.4 Å². The van der Waals surface area contributed by atoms with Crippen molar-refractivity contribution >= 4 is 24.1 Å². The van der Waals surface area contributed by atoms with Gasteiger partial charge in [0.05, 0.1) is 20.4 Å². The minimum Gasteiger partial charge on any atom is -0.497 e. The minimum atomic E-state index is 0.408. The normalized spacial score (nSPS) is 11.0. The minimum absolute atomic E-state index is 0.408. The first kappa shape index (κ1) is 18.7. The van der Waals surface area contributed by atoms with Crippen LogP contribution in [0.2, 0.25) is 0 Å². The van der Waals surface area contributed by atoms with Gasteiger partial charge in [-0.1, -0.05) is 0 Å². The van der Waals surface area contributed by atoms with E-state index in [4.69, 9.17) is 21.7 Å². The Bertz CT molecular complexity index is 1010. The van der Waals surface area contributed by atoms with E-state index in [1.54, 1.807) is 31.2 Å². The molecular weight excluding hydrogens is 362 g/mol. The molecule has 3 aromatic rings. The van der Waals surface area contributed by atoms with Gasteiger partial charge in [0.25, 0.3) is 0 Å². The van der Waals surface area contributed by atoms with Gasteiger partial charge in [0, 0.05) is 37.0 Å². The number of anilines is 1. The highest BCUT2D eigenvalue weighted by Crippen LogP contribution is 2.24. The lowest BCUT2D eigenvalue weighted by atomic mass is 10.2. The van der Waals surface area contributed by atoms with Crippen molar-refractivity contribution in [3.8, 4) is 22.9 Å². The summed E-state index contributed by atoms with van der Waals surface area (Å²) in [5.41, 5.74) is 2.81. The second-order valence-corrected chi connectivity index (χ2v) is 6.34. The Morgan fingerprint density at radius 3 is 2.48 bits per heavy atom. The zero-order chi connectivity index (χ0) is 19.4. The summed E-state index contributed by atoms with van der Waals surface area (Å²) in [5, 5.41) is 11.6. The van der Waals surface area contributed by atoms with E-state index in [0.717, 1.165) is 16.8 Å². The summed E-state index contributed by atoms with van der Waals surface area (Å²) in [4.78, 5) is 2.04. The Balaban J connectivity index is 1.96. The van der Waals surface area contributed by atoms with Gasteiger partial charge < -0.3 is 14.4 Å². The molecule has 27 heavy (non-hydrogen) atoms. The predicted octanol–water partition coefficient (Wildman–Crippen LogP) is 3.57. The smallest absolute Gasteiger partial charge is 0.216 e. The zero-order valence-corrected chi connectivity index (χ0v) is 16.4. The summed E-state index contributed by atoms with van der Waals surface area (Å²) in [6.07, 6.45) is 1.68. The number of hydrogen-bond acceptors (Lipinski definition) is 6. The first-order valence-corrected chi connectivity index (χ1v) is 8.66. The average Bonchev–Trinajstić information content (AvgIpc) is 3.06. The van der Waals surface area contributed by atoms with Crippen LogP contribution in [0.5, 0.6) is 11.5 Å². The second kappa shape index (κ2) is 8.05. The molecule has 2 aromatic carbocycles. The molecule has 1 aromatic heterocycles. The molecule has 0 unspecified atom stereocenters. The highest BCUT2D eigenvalue weighted by molar-refractivity contribution is 7.71. The SMILES string of the molecule is COc1ccc(C=Nn2c(-c3ccc(N(C)C)cc3)n[nH]c2=S)c(OC)c1. The predicted molar refractivity (Wildman–Crippen MR) is 110 cm³/mol. The Hall–Kier alpha value is -3.13. The van der Waals surface area contributed by atoms with Gasteiger partial charge in [0.1, 0.15) is 11.5 Å². The summed E-state index contributed by atoms with van der Waals surface area (Å²) in [7, 11) is 7.21. The molecule has 0 bridgehead atoms. The molecule has 1 heterocycles. The quantitative estimate of drug-likeness (QED) is 0.521. The monoisotopic (exact) mass is 383 g/mol. The molecule has 0 spiro atoms. The lowest BCUT2D eigenvalue weighted by molar-refractivity contribution is 0.394. The van der Waals surface area contributed by atoms with Crippen LogP contribution < -0.4 is 14.4 Å². The van der Waals surface area contributed by atoms with Crippen LogP contribution in [-0.4, -0.2) is 49.4 Å². The number of aromatic amines is 1. The Kier molecular flexibility index (Phi) is 5.56. The Morgan fingerprint density at radius 2 is 1.85 bits per heavy atom. The largest absolute Gasteiger partial charge is 0.497 e. The Labute approximate surface area is 162 Å². The maximum atomic E-state index is 5.40. The molecule has 3 rings (SSSR count). The van der Waals surface area contributed by atoms with Gasteiger partial charge in [-0.2, -0.15) is 14.9 Å². The van der Waals surface area contributed by atoms with Gasteiger partial charge in [0.15, 0.2) is 5.82 Å². The lowest BCUT2D eigenvalue weighted by Crippen LogP contribution is -2.08. The fourth-order valence-electron chi connectivity index (χ4n) is 2.54. The second-order valence-electron chi connectivity index (χ2n) is 5.96. The number of methoxy groups -OCH3 is 2. The van der Waals surface area contributed by atoms with Crippen LogP contribution in [0.4, 0.5) is 5.69 Å². The summed E-state index contributed by atoms with van der Waals surface area (Å²) in [6.45, 7) is 0. The van der Waals surface area contributed by atoms with Crippen molar-refractivity contribution in [3.05, 3.63) is 52.8 Å². The van der Waals surface area contributed by atoms with Crippen LogP contribution in [-0.2, 0) is 0 Å². The third-order valence-corrected chi connectivity index (χ3v) is 4.31. The van der Waals surface area contributed by atoms with E-state index in [1.165, 1.54) is 0 Å². The van der Waals surface area contributed by atoms with E-state index < -0.39 is 0 Å². The van der Waals surface area contributed by atoms with E-state index in [2.05, 4.69) is 15.3 Å². The van der Waals surface area contributed by atoms with Crippen LogP contribution in [0.3, 0.4) is 0 Å². The van der Waals surface area contributed by atoms with E-state index in [0.29, 0.717) is 22.1 Å². The van der Waals surface area contributed by atoms with Crippen molar-refractivity contribution in [3.63, 3.8) is 0 Å². The third kappa shape index (κ3) is 4.01. The van der Waals surface area contributed by atoms with Gasteiger partial charge in [-0.3, -0.25) is 0 Å². The molecule has 0 fully saturated rings. The topological polar surface area (TPSA) is 67.7 Å². The number of benzene rings is 2. The van der Waals surface area contributed by atoms with Crippen LogP contribution in [0.1, 0.15) is 5.56 Å². The van der Waals surface area contributed by atoms with Crippen molar-refractivity contribution in [1.29, 1.82) is 0 Å². The molecule has 0 aliphatic rings. The van der Waals surface area contributed by atoms with Crippen LogP contribution in [0.25, 0.3) is 11.4 Å². The number of H-pyrrole nitrogens is 1. The molecule has 0 saturated heterocycles. The van der Waals surface area contributed by atoms with Crippen molar-refractivity contribution in [2.45, 2.75) is 0 Å². The number of aromatic nitrogens is 3. The van der Waals surface area contributed by atoms with Gasteiger partial charge in [-0.25, -0.2) is 5.10 Å². The number of nitrogens with one attached hydrogen (secondary N) is 1. The summed E-state index contributed by atoms with van der Waals surface area (Å²) in [5.74, 6) is 2.00. The van der Waals surface area contributed by atoms with Gasteiger partial charge in [0.2, 0.25) is 4.77 Å². The fraction of sp³-hybridized carbons (Fsp3) is 0.211. The van der Waals surface area contributed by atoms with E-state index >= 15 is 0 Å². The molecule has 0 aliphatic heterocycles. The van der Waals surface area contributed by atoms with E-state index in [9.17, 15) is 0 Å². The first-order chi connectivity index (χ1) is 13.0. The van der Waals surface area contributed by atoms with Crippen molar-refractivity contribution in [2.24, 2.45) is 5.10 Å². The highest BCUT2D eigenvalue weighted by atomic mass is 32.1. The van der Waals surface area contributed by atoms with Crippen molar-refractivity contribution < 1.29 is 9.47 Å². The van der Waals surface area contributed by atoms with Crippen molar-refractivity contribution in [1.82, 2.24) is 14.9 Å². The average molecular weight is 383 g/mol. The van der Waals surface area contributed by atoms with Crippen molar-refractivity contribution in [2.75, 3.05) is 33.2 Å². The molecule has 0 atom stereocenters. The maximum absolute atomic E-state index is 5.40. The van der Waals surface area contributed by atoms with Crippen LogP contribution in [0.15, 0.2) is 47.6 Å². The van der Waals surface area contributed by atoms with Crippen LogP contribution >= 0.6 is 12.2 Å². The number of nitrogens with zero attached hydrogens (tertiary/aromatic N) is 4. The summed E-state index contributed by atoms with van der Waals surface area (Å²) in [6, 6.07) is 13.5. The number of ether oxygens (including phenoxy) is 2. The molecule has 0 saturated carbocycles. The molecular formula is C19H21N5O2S. The van der Waals surface area contributed by atoms with Gasteiger partial charge in [-0.15, -0.1) is 0 Å². The highest BCUT2D eigenvalue weighted by Gasteiger charge is 2.09. The molecule has 1 N–H and O–H groups in total. The Morgan fingerprint density at radius 1 is 1.11 bits per heavy atom. The molecule has 0 radical (unpaired) electrons. The lowest BCUT2D eigenvalue weighted by Gasteiger charge is -2.12. The molecule has 8 heteroatoms. The standard InChI is InChI=1S/C19H21N5O2S/c1-23(2)15-8-5-13(6-9-15)18-21-22-19(27)24(18)20-12-14-7-10-16(25-3)11-17(14)26-4/h5-12H,1-4H3,(H,22,27).